The number of rotatable bonds is 7. The molecule has 0 aromatic heterocycles. The maximum Gasteiger partial charge on any atom is 0.309 e. The van der Waals surface area contributed by atoms with Gasteiger partial charge in [0.1, 0.15) is 0 Å². The third-order valence-electron chi connectivity index (χ3n) is 4.22. The Morgan fingerprint density at radius 1 is 1.28 bits per heavy atom. The second-order valence-electron chi connectivity index (χ2n) is 6.56. The van der Waals surface area contributed by atoms with Crippen molar-refractivity contribution in [2.24, 2.45) is 11.3 Å². The average Bonchev–Trinajstić information content (AvgIpc) is 2.29. The number of carboxylic acid groups (broad SMARTS) is 1. The molecule has 0 bridgehead atoms. The molecule has 0 spiro atoms. The Balaban J connectivity index is 2.16. The predicted octanol–water partition coefficient (Wildman–Crippen LogP) is 3.39. The summed E-state index contributed by atoms with van der Waals surface area (Å²) in [6, 6.07) is 0. The molecule has 1 aliphatic rings. The van der Waals surface area contributed by atoms with Gasteiger partial charge in [-0.15, -0.1) is 0 Å². The lowest BCUT2D eigenvalue weighted by Crippen LogP contribution is -2.30. The molecule has 0 aromatic rings. The molecule has 0 radical (unpaired) electrons. The molecule has 1 rings (SSSR count). The van der Waals surface area contributed by atoms with Crippen molar-refractivity contribution in [1.29, 1.82) is 0 Å². The Kier molecular flexibility index (Phi) is 6.13. The van der Waals surface area contributed by atoms with Crippen LogP contribution in [0, 0.1) is 11.3 Å². The summed E-state index contributed by atoms with van der Waals surface area (Å²) in [4.78, 5) is 13.4. The van der Waals surface area contributed by atoms with Gasteiger partial charge in [-0.25, -0.2) is 0 Å². The highest BCUT2D eigenvalue weighted by Crippen LogP contribution is 2.25. The fourth-order valence-electron chi connectivity index (χ4n) is 2.80. The first kappa shape index (κ1) is 15.5. The van der Waals surface area contributed by atoms with E-state index in [4.69, 9.17) is 5.11 Å². The zero-order chi connectivity index (χ0) is 13.6. The molecule has 0 atom stereocenters. The zero-order valence-corrected chi connectivity index (χ0v) is 12.2. The van der Waals surface area contributed by atoms with Crippen LogP contribution < -0.4 is 0 Å². The molecule has 0 unspecified atom stereocenters. The van der Waals surface area contributed by atoms with Gasteiger partial charge in [0.25, 0.3) is 0 Å². The lowest BCUT2D eigenvalue weighted by Gasteiger charge is -2.27. The van der Waals surface area contributed by atoms with Crippen molar-refractivity contribution in [3.8, 4) is 0 Å². The molecule has 3 nitrogen and oxygen atoms in total. The van der Waals surface area contributed by atoms with Gasteiger partial charge in [-0.1, -0.05) is 19.3 Å². The Labute approximate surface area is 112 Å². The summed E-state index contributed by atoms with van der Waals surface area (Å²) in [6.45, 7) is 5.84. The molecule has 0 amide bonds. The van der Waals surface area contributed by atoms with Crippen LogP contribution >= 0.6 is 0 Å². The van der Waals surface area contributed by atoms with E-state index in [1.807, 2.05) is 13.8 Å². The maximum atomic E-state index is 11.0. The van der Waals surface area contributed by atoms with E-state index in [0.717, 1.165) is 25.3 Å². The van der Waals surface area contributed by atoms with Crippen molar-refractivity contribution in [2.45, 2.75) is 58.8 Å². The standard InChI is InChI=1S/C15H29NO2/c1-15(2,14(17)18)10-7-11-16(3)12-13-8-5-4-6-9-13/h13H,4-12H2,1-3H3,(H,17,18). The van der Waals surface area contributed by atoms with Crippen LogP contribution in [0.4, 0.5) is 0 Å². The van der Waals surface area contributed by atoms with Crippen molar-refractivity contribution in [3.05, 3.63) is 0 Å². The van der Waals surface area contributed by atoms with E-state index in [-0.39, 0.29) is 0 Å². The van der Waals surface area contributed by atoms with Gasteiger partial charge in [-0.3, -0.25) is 4.79 Å². The topological polar surface area (TPSA) is 40.5 Å². The molecular weight excluding hydrogens is 226 g/mol. The lowest BCUT2D eigenvalue weighted by atomic mass is 9.87. The van der Waals surface area contributed by atoms with Gasteiger partial charge in [0.05, 0.1) is 5.41 Å². The summed E-state index contributed by atoms with van der Waals surface area (Å²) in [5, 5.41) is 9.05. The van der Waals surface area contributed by atoms with Gasteiger partial charge >= 0.3 is 5.97 Å². The quantitative estimate of drug-likeness (QED) is 0.758. The van der Waals surface area contributed by atoms with E-state index in [1.165, 1.54) is 38.6 Å². The van der Waals surface area contributed by atoms with E-state index >= 15 is 0 Å². The summed E-state index contributed by atoms with van der Waals surface area (Å²) < 4.78 is 0. The highest BCUT2D eigenvalue weighted by atomic mass is 16.4. The molecule has 106 valence electrons. The normalized spacial score (nSPS) is 18.2. The first-order valence-corrected chi connectivity index (χ1v) is 7.34. The third-order valence-corrected chi connectivity index (χ3v) is 4.22. The summed E-state index contributed by atoms with van der Waals surface area (Å²) >= 11 is 0. The minimum atomic E-state index is -0.683. The van der Waals surface area contributed by atoms with E-state index in [1.54, 1.807) is 0 Å². The molecule has 1 N–H and O–H groups in total. The number of aliphatic carboxylic acids is 1. The average molecular weight is 255 g/mol. The van der Waals surface area contributed by atoms with E-state index in [9.17, 15) is 4.79 Å². The third kappa shape index (κ3) is 5.38. The van der Waals surface area contributed by atoms with Gasteiger partial charge in [-0.05, 0) is 59.0 Å². The summed E-state index contributed by atoms with van der Waals surface area (Å²) in [5.41, 5.74) is -0.578. The molecule has 1 aliphatic carbocycles. The minimum Gasteiger partial charge on any atom is -0.481 e. The van der Waals surface area contributed by atoms with Crippen LogP contribution in [0.25, 0.3) is 0 Å². The lowest BCUT2D eigenvalue weighted by molar-refractivity contribution is -0.147. The Morgan fingerprint density at radius 3 is 2.44 bits per heavy atom. The van der Waals surface area contributed by atoms with Gasteiger partial charge in [-0.2, -0.15) is 0 Å². The number of hydrogen-bond acceptors (Lipinski definition) is 2. The second-order valence-corrected chi connectivity index (χ2v) is 6.56. The van der Waals surface area contributed by atoms with Crippen molar-refractivity contribution in [1.82, 2.24) is 4.90 Å². The Bertz CT molecular complexity index is 257. The number of carbonyl (C=O) groups is 1. The zero-order valence-electron chi connectivity index (χ0n) is 12.2. The molecule has 18 heavy (non-hydrogen) atoms. The largest absolute Gasteiger partial charge is 0.481 e. The van der Waals surface area contributed by atoms with Crippen molar-refractivity contribution in [3.63, 3.8) is 0 Å². The molecule has 0 heterocycles. The molecule has 3 heteroatoms. The molecule has 0 aromatic carbocycles. The van der Waals surface area contributed by atoms with Crippen molar-refractivity contribution >= 4 is 5.97 Å². The van der Waals surface area contributed by atoms with E-state index in [0.29, 0.717) is 0 Å². The Morgan fingerprint density at radius 2 is 1.89 bits per heavy atom. The van der Waals surface area contributed by atoms with Gasteiger partial charge in [0.15, 0.2) is 0 Å². The van der Waals surface area contributed by atoms with E-state index in [2.05, 4.69) is 11.9 Å². The van der Waals surface area contributed by atoms with Gasteiger partial charge in [0, 0.05) is 6.54 Å². The molecule has 1 saturated carbocycles. The van der Waals surface area contributed by atoms with Crippen molar-refractivity contribution in [2.75, 3.05) is 20.1 Å². The first-order chi connectivity index (χ1) is 8.42. The second kappa shape index (κ2) is 7.13. The molecular formula is C15H29NO2. The first-order valence-electron chi connectivity index (χ1n) is 7.34. The fourth-order valence-corrected chi connectivity index (χ4v) is 2.80. The monoisotopic (exact) mass is 255 g/mol. The Hall–Kier alpha value is -0.570. The van der Waals surface area contributed by atoms with Crippen LogP contribution in [0.15, 0.2) is 0 Å². The van der Waals surface area contributed by atoms with Gasteiger partial charge < -0.3 is 10.0 Å². The fraction of sp³-hybridized carbons (Fsp3) is 0.933. The SMILES string of the molecule is CN(CCCC(C)(C)C(=O)O)CC1CCCCC1. The van der Waals surface area contributed by atoms with Crippen LogP contribution in [-0.4, -0.2) is 36.1 Å². The van der Waals surface area contributed by atoms with E-state index < -0.39 is 11.4 Å². The van der Waals surface area contributed by atoms with Crippen LogP contribution in [0.5, 0.6) is 0 Å². The highest BCUT2D eigenvalue weighted by molar-refractivity contribution is 5.73. The minimum absolute atomic E-state index is 0.578. The van der Waals surface area contributed by atoms with Gasteiger partial charge in [0.2, 0.25) is 0 Å². The number of carboxylic acids is 1. The van der Waals surface area contributed by atoms with Crippen LogP contribution in [-0.2, 0) is 4.79 Å². The summed E-state index contributed by atoms with van der Waals surface area (Å²) in [6.07, 6.45) is 8.69. The number of hydrogen-bond donors (Lipinski definition) is 1. The molecule has 0 aliphatic heterocycles. The van der Waals surface area contributed by atoms with Crippen molar-refractivity contribution < 1.29 is 9.90 Å². The van der Waals surface area contributed by atoms with Crippen LogP contribution in [0.3, 0.4) is 0 Å². The molecule has 1 fully saturated rings. The highest BCUT2D eigenvalue weighted by Gasteiger charge is 2.26. The van der Waals surface area contributed by atoms with Crippen LogP contribution in [0.1, 0.15) is 58.8 Å². The summed E-state index contributed by atoms with van der Waals surface area (Å²) in [5.74, 6) is 0.189. The maximum absolute atomic E-state index is 11.0. The smallest absolute Gasteiger partial charge is 0.309 e. The predicted molar refractivity (Wildman–Crippen MR) is 74.7 cm³/mol. The number of nitrogens with zero attached hydrogens (tertiary/aromatic N) is 1. The molecule has 0 saturated heterocycles. The summed E-state index contributed by atoms with van der Waals surface area (Å²) in [7, 11) is 2.17. The van der Waals surface area contributed by atoms with Crippen LogP contribution in [0.2, 0.25) is 0 Å².